The topological polar surface area (TPSA) is 36.9 Å². The Morgan fingerprint density at radius 2 is 1.71 bits per heavy atom. The molecule has 0 aliphatic heterocycles. The minimum absolute atomic E-state index is 0.0242. The van der Waals surface area contributed by atoms with E-state index in [9.17, 15) is 0 Å². The molecule has 0 fully saturated rings. The molecule has 0 heterocycles. The number of hydrogen-bond acceptors (Lipinski definition) is 4. The van der Waals surface area contributed by atoms with Crippen molar-refractivity contribution in [2.75, 3.05) is 19.8 Å². The minimum Gasteiger partial charge on any atom is -0.374 e. The molecule has 0 saturated heterocycles. The van der Waals surface area contributed by atoms with E-state index in [-0.39, 0.29) is 11.8 Å². The van der Waals surface area contributed by atoms with Gasteiger partial charge in [0.25, 0.3) is 0 Å². The quantitative estimate of drug-likeness (QED) is 0.274. The molecule has 0 spiro atoms. The first-order valence-corrected chi connectivity index (χ1v) is 10.1. The van der Waals surface area contributed by atoms with Crippen LogP contribution in [0, 0.1) is 0 Å². The molecule has 2 atom stereocenters. The Labute approximate surface area is 132 Å². The van der Waals surface area contributed by atoms with Gasteiger partial charge in [-0.2, -0.15) is 0 Å². The van der Waals surface area contributed by atoms with Crippen LogP contribution in [0.1, 0.15) is 60.3 Å². The minimum atomic E-state index is -2.85. The van der Waals surface area contributed by atoms with E-state index in [0.717, 1.165) is 32.3 Å². The summed E-state index contributed by atoms with van der Waals surface area (Å²) in [4.78, 5) is 0. The van der Waals surface area contributed by atoms with Crippen molar-refractivity contribution >= 4 is 8.80 Å². The van der Waals surface area contributed by atoms with E-state index in [1.807, 2.05) is 26.8 Å². The molecule has 4 nitrogen and oxygen atoms in total. The fourth-order valence-electron chi connectivity index (χ4n) is 2.18. The summed E-state index contributed by atoms with van der Waals surface area (Å²) < 4.78 is 24.3. The largest absolute Gasteiger partial charge is 0.531 e. The third-order valence-corrected chi connectivity index (χ3v) is 6.61. The zero-order valence-corrected chi connectivity index (χ0v) is 15.5. The van der Waals surface area contributed by atoms with Crippen molar-refractivity contribution in [2.24, 2.45) is 0 Å². The summed E-state index contributed by atoms with van der Waals surface area (Å²) in [6, 6.07) is 0. The highest BCUT2D eigenvalue weighted by Gasteiger charge is 2.50. The molecule has 0 aliphatic carbocycles. The van der Waals surface area contributed by atoms with Gasteiger partial charge in [-0.25, -0.2) is 0 Å². The molecule has 0 bridgehead atoms. The summed E-state index contributed by atoms with van der Waals surface area (Å²) in [5.41, 5.74) is -0.101. The lowest BCUT2D eigenvalue weighted by molar-refractivity contribution is -0.0280. The SMILES string of the molecule is C=CCC(C)O[Si](OCC)(OCC)C(CC)OCCCC. The molecule has 0 amide bonds. The predicted molar refractivity (Wildman–Crippen MR) is 89.3 cm³/mol. The lowest BCUT2D eigenvalue weighted by Gasteiger charge is -2.36. The summed E-state index contributed by atoms with van der Waals surface area (Å²) >= 11 is 0. The van der Waals surface area contributed by atoms with E-state index < -0.39 is 8.80 Å². The number of unbranched alkanes of at least 4 members (excludes halogenated alkanes) is 1. The zero-order valence-electron chi connectivity index (χ0n) is 14.5. The summed E-state index contributed by atoms with van der Waals surface area (Å²) in [5.74, 6) is 0. The van der Waals surface area contributed by atoms with E-state index >= 15 is 0 Å². The average molecular weight is 319 g/mol. The molecule has 0 radical (unpaired) electrons. The van der Waals surface area contributed by atoms with Crippen molar-refractivity contribution in [1.82, 2.24) is 0 Å². The van der Waals surface area contributed by atoms with Crippen LogP contribution in [0.5, 0.6) is 0 Å². The molecule has 5 heteroatoms. The van der Waals surface area contributed by atoms with Gasteiger partial charge < -0.3 is 18.0 Å². The van der Waals surface area contributed by atoms with Gasteiger partial charge in [0.1, 0.15) is 5.73 Å². The predicted octanol–water partition coefficient (Wildman–Crippen LogP) is 4.11. The van der Waals surface area contributed by atoms with Crippen LogP contribution in [0.15, 0.2) is 12.7 Å². The van der Waals surface area contributed by atoms with Crippen molar-refractivity contribution in [3.8, 4) is 0 Å². The van der Waals surface area contributed by atoms with Gasteiger partial charge in [-0.05, 0) is 40.0 Å². The van der Waals surface area contributed by atoms with Gasteiger partial charge in [-0.15, -0.1) is 6.58 Å². The third-order valence-electron chi connectivity index (χ3n) is 3.14. The van der Waals surface area contributed by atoms with Crippen LogP contribution < -0.4 is 0 Å². The Morgan fingerprint density at radius 3 is 2.14 bits per heavy atom. The molecule has 126 valence electrons. The zero-order chi connectivity index (χ0) is 16.1. The van der Waals surface area contributed by atoms with Crippen molar-refractivity contribution in [2.45, 2.75) is 72.1 Å². The lowest BCUT2D eigenvalue weighted by atomic mass is 10.3. The van der Waals surface area contributed by atoms with Gasteiger partial charge in [0.05, 0.1) is 6.10 Å². The molecule has 2 unspecified atom stereocenters. The molecule has 0 saturated carbocycles. The molecule has 0 aromatic carbocycles. The average Bonchev–Trinajstić information content (AvgIpc) is 2.44. The second-order valence-electron chi connectivity index (χ2n) is 5.04. The van der Waals surface area contributed by atoms with Gasteiger partial charge in [-0.3, -0.25) is 0 Å². The first-order chi connectivity index (χ1) is 10.1. The van der Waals surface area contributed by atoms with E-state index in [2.05, 4.69) is 20.4 Å². The first-order valence-electron chi connectivity index (χ1n) is 8.28. The Hall–Kier alpha value is -0.203. The third kappa shape index (κ3) is 7.56. The van der Waals surface area contributed by atoms with E-state index in [1.165, 1.54) is 0 Å². The lowest BCUT2D eigenvalue weighted by Crippen LogP contribution is -2.58. The Kier molecular flexibility index (Phi) is 12.2. The van der Waals surface area contributed by atoms with Crippen LogP contribution in [0.3, 0.4) is 0 Å². The fraction of sp³-hybridized carbons (Fsp3) is 0.875. The van der Waals surface area contributed by atoms with Crippen LogP contribution in [0.4, 0.5) is 0 Å². The smallest absolute Gasteiger partial charge is 0.374 e. The number of hydrogen-bond donors (Lipinski definition) is 0. The molecular weight excluding hydrogens is 284 g/mol. The maximum atomic E-state index is 6.24. The van der Waals surface area contributed by atoms with Gasteiger partial charge in [0.2, 0.25) is 0 Å². The van der Waals surface area contributed by atoms with Gasteiger partial charge >= 0.3 is 8.80 Å². The van der Waals surface area contributed by atoms with Crippen molar-refractivity contribution < 1.29 is 18.0 Å². The van der Waals surface area contributed by atoms with Crippen LogP contribution in [-0.4, -0.2) is 40.5 Å². The van der Waals surface area contributed by atoms with Crippen molar-refractivity contribution in [1.29, 1.82) is 0 Å². The highest BCUT2D eigenvalue weighted by Crippen LogP contribution is 2.23. The van der Waals surface area contributed by atoms with Crippen LogP contribution >= 0.6 is 0 Å². The Balaban J connectivity index is 5.04. The monoisotopic (exact) mass is 318 g/mol. The molecule has 0 aromatic rings. The standard InChI is InChI=1S/C16H34O4Si/c1-7-12-14-17-16(9-3)21(18-10-4,19-11-5)20-15(6)13-8-2/h8,15-16H,2,7,9-14H2,1,3-6H3. The molecular formula is C16H34O4Si. The van der Waals surface area contributed by atoms with E-state index in [1.54, 1.807) is 0 Å². The van der Waals surface area contributed by atoms with Crippen LogP contribution in [0.2, 0.25) is 0 Å². The highest BCUT2D eigenvalue weighted by molar-refractivity contribution is 6.62. The van der Waals surface area contributed by atoms with Gasteiger partial charge in [0, 0.05) is 19.8 Å². The Bertz CT molecular complexity index is 255. The Morgan fingerprint density at radius 1 is 1.10 bits per heavy atom. The summed E-state index contributed by atoms with van der Waals surface area (Å²) in [6.45, 7) is 15.9. The van der Waals surface area contributed by atoms with Crippen molar-refractivity contribution in [3.05, 3.63) is 12.7 Å². The second kappa shape index (κ2) is 12.4. The second-order valence-corrected chi connectivity index (χ2v) is 7.71. The highest BCUT2D eigenvalue weighted by atomic mass is 28.4. The maximum absolute atomic E-state index is 6.24. The molecule has 0 N–H and O–H groups in total. The molecule has 0 aliphatic rings. The molecule has 21 heavy (non-hydrogen) atoms. The van der Waals surface area contributed by atoms with Gasteiger partial charge in [0.15, 0.2) is 0 Å². The van der Waals surface area contributed by atoms with Crippen LogP contribution in [-0.2, 0) is 18.0 Å². The van der Waals surface area contributed by atoms with E-state index in [0.29, 0.717) is 13.2 Å². The summed E-state index contributed by atoms with van der Waals surface area (Å²) in [6.07, 6.45) is 5.65. The van der Waals surface area contributed by atoms with Crippen LogP contribution in [0.25, 0.3) is 0 Å². The fourth-order valence-corrected chi connectivity index (χ4v) is 5.20. The first kappa shape index (κ1) is 20.8. The van der Waals surface area contributed by atoms with Gasteiger partial charge in [-0.1, -0.05) is 26.3 Å². The summed E-state index contributed by atoms with van der Waals surface area (Å²) in [5, 5.41) is 0. The maximum Gasteiger partial charge on any atom is 0.531 e. The molecule has 0 rings (SSSR count). The van der Waals surface area contributed by atoms with Crippen molar-refractivity contribution in [3.63, 3.8) is 0 Å². The summed E-state index contributed by atoms with van der Waals surface area (Å²) in [7, 11) is -2.85. The number of ether oxygens (including phenoxy) is 1. The molecule has 0 aromatic heterocycles. The number of rotatable bonds is 14. The normalized spacial score (nSPS) is 14.9. The van der Waals surface area contributed by atoms with E-state index in [4.69, 9.17) is 18.0 Å².